The number of fused-ring (bicyclic) bond motifs is 5. The molecule has 0 bridgehead atoms. The number of rotatable bonds is 1. The largest absolute Gasteiger partial charge is 0.462 e. The molecular weight excluding hydrogens is 338 g/mol. The Balaban J connectivity index is 1.66. The van der Waals surface area contributed by atoms with Crippen LogP contribution >= 0.6 is 0 Å². The molecule has 0 heterocycles. The summed E-state index contributed by atoms with van der Waals surface area (Å²) >= 11 is 0. The first-order valence-corrected chi connectivity index (χ1v) is 11.1. The summed E-state index contributed by atoms with van der Waals surface area (Å²) in [6, 6.07) is 0. The van der Waals surface area contributed by atoms with Crippen LogP contribution in [0.4, 0.5) is 0 Å². The van der Waals surface area contributed by atoms with Crippen molar-refractivity contribution in [1.29, 1.82) is 0 Å². The Morgan fingerprint density at radius 3 is 2.48 bits per heavy atom. The van der Waals surface area contributed by atoms with Crippen molar-refractivity contribution in [1.82, 2.24) is 0 Å². The van der Waals surface area contributed by atoms with Crippen molar-refractivity contribution >= 4 is 11.7 Å². The topological polar surface area (TPSA) is 58.9 Å². The van der Waals surface area contributed by atoms with Crippen molar-refractivity contribution in [3.8, 4) is 0 Å². The average Bonchev–Trinajstić information content (AvgIpc) is 2.95. The van der Waals surface area contributed by atoms with Crippen LogP contribution in [0.5, 0.6) is 0 Å². The van der Waals surface area contributed by atoms with Gasteiger partial charge in [0.1, 0.15) is 6.10 Å². The lowest BCUT2D eigenvalue weighted by Gasteiger charge is -2.67. The van der Waals surface area contributed by atoms with Crippen molar-refractivity contribution in [2.24, 2.45) is 45.1 Å². The van der Waals surface area contributed by atoms with E-state index in [1.165, 1.54) is 32.1 Å². The van der Waals surface area contributed by atoms with Gasteiger partial charge in [-0.1, -0.05) is 32.9 Å². The van der Waals surface area contributed by atoms with Crippen LogP contribution in [0.25, 0.3) is 0 Å². The lowest BCUT2D eigenvalue weighted by molar-refractivity contribution is -0.201. The van der Waals surface area contributed by atoms with Gasteiger partial charge in [0.05, 0.1) is 5.71 Å². The van der Waals surface area contributed by atoms with Crippen LogP contribution in [-0.2, 0) is 9.53 Å². The molecule has 4 nitrogen and oxygen atoms in total. The van der Waals surface area contributed by atoms with Crippen molar-refractivity contribution in [2.45, 2.75) is 92.1 Å². The molecule has 4 heteroatoms. The van der Waals surface area contributed by atoms with E-state index in [2.05, 4.69) is 32.9 Å². The number of hydrogen-bond acceptors (Lipinski definition) is 4. The summed E-state index contributed by atoms with van der Waals surface area (Å²) in [5.74, 6) is 2.12. The Hall–Kier alpha value is -1.06. The molecule has 0 saturated heterocycles. The van der Waals surface area contributed by atoms with E-state index >= 15 is 0 Å². The van der Waals surface area contributed by atoms with Crippen molar-refractivity contribution in [3.63, 3.8) is 0 Å². The highest BCUT2D eigenvalue weighted by Crippen LogP contribution is 2.73. The Bertz CT molecular complexity index is 660. The first kappa shape index (κ1) is 19.3. The van der Waals surface area contributed by atoms with Gasteiger partial charge in [-0.3, -0.25) is 4.79 Å². The lowest BCUT2D eigenvalue weighted by Crippen LogP contribution is -2.62. The fraction of sp³-hybridized carbons (Fsp3) is 0.913. The molecular formula is C23H37NO3. The standard InChI is InChI=1S/C23H37NO3/c1-14-16-8-12-23(5)20(21(16,3)11-10-19(14)27-15(2)25)7-6-17-18(24-26)9-13-22(17,23)4/h14,16-17,19-20,26H,6-13H2,1-5H3/b24-18+/t14-,16-,17+,19+,20-,21-,22-,23-/m0/s1. The van der Waals surface area contributed by atoms with E-state index in [0.29, 0.717) is 34.5 Å². The summed E-state index contributed by atoms with van der Waals surface area (Å²) in [4.78, 5) is 11.5. The molecule has 4 saturated carbocycles. The summed E-state index contributed by atoms with van der Waals surface area (Å²) in [6.07, 6.45) is 9.29. The zero-order valence-electron chi connectivity index (χ0n) is 17.8. The SMILES string of the molecule is CC(=O)O[C@@H]1CC[C@@]2(C)[C@@H](CC[C@@]3(C)[C@H]2CC[C@@H]2/C(=N/O)CC[C@@]23C)[C@@H]1C. The molecule has 0 aromatic heterocycles. The summed E-state index contributed by atoms with van der Waals surface area (Å²) in [5.41, 5.74) is 1.94. The van der Waals surface area contributed by atoms with E-state index in [4.69, 9.17) is 4.74 Å². The smallest absolute Gasteiger partial charge is 0.302 e. The molecule has 4 fully saturated rings. The first-order chi connectivity index (χ1) is 12.7. The van der Waals surface area contributed by atoms with Crippen molar-refractivity contribution in [2.75, 3.05) is 0 Å². The van der Waals surface area contributed by atoms with Crippen LogP contribution in [-0.4, -0.2) is 23.0 Å². The van der Waals surface area contributed by atoms with Crippen LogP contribution in [0.15, 0.2) is 5.16 Å². The second-order valence-corrected chi connectivity index (χ2v) is 10.8. The zero-order valence-corrected chi connectivity index (χ0v) is 17.8. The van der Waals surface area contributed by atoms with Gasteiger partial charge < -0.3 is 9.94 Å². The molecule has 4 rings (SSSR count). The average molecular weight is 376 g/mol. The zero-order chi connectivity index (χ0) is 19.6. The highest BCUT2D eigenvalue weighted by atomic mass is 16.5. The molecule has 0 radical (unpaired) electrons. The highest BCUT2D eigenvalue weighted by Gasteiger charge is 2.67. The van der Waals surface area contributed by atoms with E-state index in [1.54, 1.807) is 6.92 Å². The van der Waals surface area contributed by atoms with E-state index < -0.39 is 0 Å². The van der Waals surface area contributed by atoms with Gasteiger partial charge in [-0.15, -0.1) is 0 Å². The monoisotopic (exact) mass is 375 g/mol. The molecule has 0 unspecified atom stereocenters. The molecule has 0 spiro atoms. The van der Waals surface area contributed by atoms with Gasteiger partial charge in [-0.2, -0.15) is 0 Å². The number of hydrogen-bond donors (Lipinski definition) is 1. The van der Waals surface area contributed by atoms with E-state index in [-0.39, 0.29) is 17.5 Å². The van der Waals surface area contributed by atoms with Gasteiger partial charge in [0.15, 0.2) is 0 Å². The van der Waals surface area contributed by atoms with Gasteiger partial charge in [-0.05, 0) is 85.4 Å². The van der Waals surface area contributed by atoms with E-state index in [9.17, 15) is 10.0 Å². The molecule has 0 amide bonds. The molecule has 152 valence electrons. The van der Waals surface area contributed by atoms with Gasteiger partial charge in [0, 0.05) is 12.8 Å². The maximum atomic E-state index is 11.5. The maximum Gasteiger partial charge on any atom is 0.302 e. The highest BCUT2D eigenvalue weighted by molar-refractivity contribution is 5.89. The minimum Gasteiger partial charge on any atom is -0.462 e. The summed E-state index contributed by atoms with van der Waals surface area (Å²) in [7, 11) is 0. The summed E-state index contributed by atoms with van der Waals surface area (Å²) < 4.78 is 5.69. The number of carbonyl (C=O) groups is 1. The minimum absolute atomic E-state index is 0.0939. The van der Waals surface area contributed by atoms with Crippen LogP contribution in [0.2, 0.25) is 0 Å². The maximum absolute atomic E-state index is 11.5. The first-order valence-electron chi connectivity index (χ1n) is 11.1. The lowest BCUT2D eigenvalue weighted by atomic mass is 9.37. The predicted molar refractivity (Wildman–Crippen MR) is 106 cm³/mol. The van der Waals surface area contributed by atoms with Gasteiger partial charge in [-0.25, -0.2) is 0 Å². The van der Waals surface area contributed by atoms with Gasteiger partial charge in [0.25, 0.3) is 0 Å². The summed E-state index contributed by atoms with van der Waals surface area (Å²) in [5, 5.41) is 13.2. The fourth-order valence-electron chi connectivity index (χ4n) is 8.58. The molecule has 1 N–H and O–H groups in total. The Kier molecular flexibility index (Phi) is 4.44. The van der Waals surface area contributed by atoms with Crippen molar-refractivity contribution in [3.05, 3.63) is 0 Å². The molecule has 0 aromatic carbocycles. The summed E-state index contributed by atoms with van der Waals surface area (Å²) in [6.45, 7) is 11.4. The number of esters is 1. The van der Waals surface area contributed by atoms with Crippen LogP contribution in [0, 0.1) is 39.9 Å². The third kappa shape index (κ3) is 2.47. The second-order valence-electron chi connectivity index (χ2n) is 10.8. The Labute approximate surface area is 164 Å². The molecule has 27 heavy (non-hydrogen) atoms. The Morgan fingerprint density at radius 2 is 1.81 bits per heavy atom. The molecule has 4 aliphatic rings. The molecule has 4 aliphatic carbocycles. The normalized spacial score (nSPS) is 53.4. The van der Waals surface area contributed by atoms with Gasteiger partial charge in [0.2, 0.25) is 0 Å². The van der Waals surface area contributed by atoms with Crippen LogP contribution in [0.3, 0.4) is 0 Å². The third-order valence-corrected chi connectivity index (χ3v) is 10.1. The molecule has 0 aliphatic heterocycles. The molecule has 0 aromatic rings. The van der Waals surface area contributed by atoms with E-state index in [0.717, 1.165) is 25.0 Å². The van der Waals surface area contributed by atoms with Gasteiger partial charge >= 0.3 is 5.97 Å². The number of carbonyl (C=O) groups excluding carboxylic acids is 1. The van der Waals surface area contributed by atoms with Crippen LogP contribution in [0.1, 0.15) is 86.0 Å². The fourth-order valence-corrected chi connectivity index (χ4v) is 8.58. The van der Waals surface area contributed by atoms with Crippen molar-refractivity contribution < 1.29 is 14.7 Å². The predicted octanol–water partition coefficient (Wildman–Crippen LogP) is 5.43. The number of ether oxygens (including phenoxy) is 1. The minimum atomic E-state index is -0.133. The molecule has 8 atom stereocenters. The Morgan fingerprint density at radius 1 is 1.07 bits per heavy atom. The third-order valence-electron chi connectivity index (χ3n) is 10.1. The van der Waals surface area contributed by atoms with E-state index in [1.807, 2.05) is 0 Å². The van der Waals surface area contributed by atoms with Crippen LogP contribution < -0.4 is 0 Å². The second kappa shape index (κ2) is 6.22. The number of nitrogens with zero attached hydrogens (tertiary/aromatic N) is 1. The quantitative estimate of drug-likeness (QED) is 0.378. The number of oxime groups is 1.